The number of ether oxygens (including phenoxy) is 5. The fourth-order valence-corrected chi connectivity index (χ4v) is 3.26. The number of methoxy groups -OCH3 is 1. The van der Waals surface area contributed by atoms with Crippen LogP contribution >= 0.6 is 0 Å². The van der Waals surface area contributed by atoms with E-state index in [0.29, 0.717) is 30.2 Å². The van der Waals surface area contributed by atoms with E-state index in [4.69, 9.17) is 23.7 Å². The summed E-state index contributed by atoms with van der Waals surface area (Å²) in [6.07, 6.45) is 1.19. The normalized spacial score (nSPS) is 11.8. The Hall–Kier alpha value is -3.14. The Balaban J connectivity index is 2.94. The first-order valence-corrected chi connectivity index (χ1v) is 13.6. The lowest BCUT2D eigenvalue weighted by atomic mass is 10.0. The van der Waals surface area contributed by atoms with Gasteiger partial charge in [0.25, 0.3) is 0 Å². The Morgan fingerprint density at radius 2 is 1.38 bits per heavy atom. The van der Waals surface area contributed by atoms with Crippen molar-refractivity contribution < 1.29 is 42.9 Å². The second-order valence-electron chi connectivity index (χ2n) is 10.6. The standard InChI is InChI=1S/C29H45NO9/c1-19(2)8-12-26(31)38-24-11-10-22(17-25(24)39-27(32)13-9-20(3)4)16-23(28(33)35-7)30-14-15-36-29(34)37-18-21(5)6/h10-11,17,19-21,23,30H,8-9,12-16,18H2,1-7H3/t23-/m0/s1. The number of hydrogen-bond acceptors (Lipinski definition) is 10. The molecular formula is C29H45NO9. The minimum Gasteiger partial charge on any atom is -0.468 e. The van der Waals surface area contributed by atoms with Crippen LogP contribution in [0.2, 0.25) is 0 Å². The van der Waals surface area contributed by atoms with Crippen molar-refractivity contribution in [2.75, 3.05) is 26.9 Å². The third kappa shape index (κ3) is 15.1. The number of carbonyl (C=O) groups is 4. The van der Waals surface area contributed by atoms with Crippen LogP contribution in [0.1, 0.15) is 72.8 Å². The predicted octanol–water partition coefficient (Wildman–Crippen LogP) is 4.85. The van der Waals surface area contributed by atoms with Gasteiger partial charge in [-0.25, -0.2) is 4.79 Å². The fourth-order valence-electron chi connectivity index (χ4n) is 3.26. The van der Waals surface area contributed by atoms with Gasteiger partial charge in [-0.1, -0.05) is 47.6 Å². The molecule has 1 aromatic rings. The maximum absolute atomic E-state index is 12.5. The summed E-state index contributed by atoms with van der Waals surface area (Å²) >= 11 is 0. The van der Waals surface area contributed by atoms with Gasteiger partial charge in [-0.2, -0.15) is 0 Å². The minimum absolute atomic E-state index is 0.00555. The molecule has 0 amide bonds. The summed E-state index contributed by atoms with van der Waals surface area (Å²) in [6, 6.07) is 4.05. The molecule has 1 atom stereocenters. The lowest BCUT2D eigenvalue weighted by Crippen LogP contribution is -2.41. The number of rotatable bonds is 17. The Morgan fingerprint density at radius 3 is 1.92 bits per heavy atom. The molecule has 0 aliphatic carbocycles. The summed E-state index contributed by atoms with van der Waals surface area (Å²) in [5, 5.41) is 3.01. The monoisotopic (exact) mass is 551 g/mol. The van der Waals surface area contributed by atoms with Gasteiger partial charge in [0.1, 0.15) is 12.6 Å². The lowest BCUT2D eigenvalue weighted by Gasteiger charge is -2.18. The van der Waals surface area contributed by atoms with Crippen LogP contribution in [-0.2, 0) is 35.0 Å². The van der Waals surface area contributed by atoms with Gasteiger partial charge >= 0.3 is 24.1 Å². The van der Waals surface area contributed by atoms with Crippen molar-refractivity contribution in [2.45, 2.75) is 79.7 Å². The van der Waals surface area contributed by atoms with E-state index in [1.165, 1.54) is 7.11 Å². The smallest absolute Gasteiger partial charge is 0.468 e. The van der Waals surface area contributed by atoms with Crippen LogP contribution in [0.15, 0.2) is 18.2 Å². The second-order valence-corrected chi connectivity index (χ2v) is 10.6. The molecule has 0 saturated carbocycles. The van der Waals surface area contributed by atoms with E-state index in [9.17, 15) is 19.2 Å². The van der Waals surface area contributed by atoms with E-state index < -0.39 is 30.1 Å². The molecule has 10 heteroatoms. The summed E-state index contributed by atoms with van der Waals surface area (Å²) in [4.78, 5) is 48.8. The van der Waals surface area contributed by atoms with Crippen LogP contribution in [0, 0.1) is 17.8 Å². The summed E-state index contributed by atoms with van der Waals surface area (Å²) in [6.45, 7) is 12.3. The Labute approximate surface area is 232 Å². The van der Waals surface area contributed by atoms with Gasteiger partial charge in [0.05, 0.1) is 13.7 Å². The molecule has 0 aliphatic heterocycles. The summed E-state index contributed by atoms with van der Waals surface area (Å²) < 4.78 is 26.0. The number of hydrogen-bond donors (Lipinski definition) is 1. The fraction of sp³-hybridized carbons (Fsp3) is 0.655. The van der Waals surface area contributed by atoms with Crippen molar-refractivity contribution in [2.24, 2.45) is 17.8 Å². The van der Waals surface area contributed by atoms with E-state index in [2.05, 4.69) is 5.32 Å². The van der Waals surface area contributed by atoms with Gasteiger partial charge in [-0.3, -0.25) is 14.4 Å². The average molecular weight is 552 g/mol. The van der Waals surface area contributed by atoms with Gasteiger partial charge in [-0.15, -0.1) is 0 Å². The molecule has 10 nitrogen and oxygen atoms in total. The number of carbonyl (C=O) groups excluding carboxylic acids is 4. The zero-order chi connectivity index (χ0) is 29.4. The first kappa shape index (κ1) is 33.9. The molecular weight excluding hydrogens is 506 g/mol. The van der Waals surface area contributed by atoms with Crippen LogP contribution in [-0.4, -0.2) is 57.0 Å². The van der Waals surface area contributed by atoms with Crippen LogP contribution < -0.4 is 14.8 Å². The highest BCUT2D eigenvalue weighted by atomic mass is 16.7. The minimum atomic E-state index is -0.775. The average Bonchev–Trinajstić information content (AvgIpc) is 2.87. The molecule has 0 aliphatic rings. The van der Waals surface area contributed by atoms with Crippen LogP contribution in [0.25, 0.3) is 0 Å². The molecule has 220 valence electrons. The van der Waals surface area contributed by atoms with E-state index in [1.54, 1.807) is 18.2 Å². The number of nitrogens with one attached hydrogen (secondary N) is 1. The van der Waals surface area contributed by atoms with Gasteiger partial charge in [-0.05, 0) is 54.7 Å². The van der Waals surface area contributed by atoms with E-state index in [0.717, 1.165) is 0 Å². The van der Waals surface area contributed by atoms with Crippen molar-refractivity contribution >= 4 is 24.1 Å². The molecule has 0 bridgehead atoms. The van der Waals surface area contributed by atoms with E-state index in [-0.39, 0.29) is 56.4 Å². The SMILES string of the molecule is COC(=O)[C@H](Cc1ccc(OC(=O)CCC(C)C)c(OC(=O)CCC(C)C)c1)NCCOC(=O)OCC(C)C. The molecule has 1 aromatic carbocycles. The zero-order valence-electron chi connectivity index (χ0n) is 24.4. The first-order valence-electron chi connectivity index (χ1n) is 13.6. The van der Waals surface area contributed by atoms with Gasteiger partial charge < -0.3 is 29.0 Å². The zero-order valence-corrected chi connectivity index (χ0v) is 24.4. The molecule has 1 rings (SSSR count). The van der Waals surface area contributed by atoms with Gasteiger partial charge in [0, 0.05) is 19.4 Å². The second kappa shape index (κ2) is 18.2. The van der Waals surface area contributed by atoms with Crippen LogP contribution in [0.5, 0.6) is 11.5 Å². The number of esters is 3. The van der Waals surface area contributed by atoms with Crippen molar-refractivity contribution in [3.05, 3.63) is 23.8 Å². The lowest BCUT2D eigenvalue weighted by molar-refractivity contribution is -0.143. The molecule has 0 spiro atoms. The van der Waals surface area contributed by atoms with Crippen LogP contribution in [0.4, 0.5) is 4.79 Å². The molecule has 1 N–H and O–H groups in total. The van der Waals surface area contributed by atoms with E-state index in [1.807, 2.05) is 41.5 Å². The highest BCUT2D eigenvalue weighted by Gasteiger charge is 2.22. The summed E-state index contributed by atoms with van der Waals surface area (Å²) in [5.41, 5.74) is 0.642. The van der Waals surface area contributed by atoms with Crippen molar-refractivity contribution in [1.29, 1.82) is 0 Å². The largest absolute Gasteiger partial charge is 0.508 e. The maximum atomic E-state index is 12.5. The van der Waals surface area contributed by atoms with Gasteiger partial charge in [0.2, 0.25) is 0 Å². The quantitative estimate of drug-likeness (QED) is 0.163. The highest BCUT2D eigenvalue weighted by molar-refractivity contribution is 5.77. The Morgan fingerprint density at radius 1 is 0.795 bits per heavy atom. The first-order chi connectivity index (χ1) is 18.4. The van der Waals surface area contributed by atoms with Crippen LogP contribution in [0.3, 0.4) is 0 Å². The van der Waals surface area contributed by atoms with Crippen molar-refractivity contribution in [1.82, 2.24) is 5.32 Å². The Bertz CT molecular complexity index is 927. The summed E-state index contributed by atoms with van der Waals surface area (Å²) in [7, 11) is 1.28. The topological polar surface area (TPSA) is 126 Å². The number of benzene rings is 1. The van der Waals surface area contributed by atoms with Crippen molar-refractivity contribution in [3.8, 4) is 11.5 Å². The molecule has 0 unspecified atom stereocenters. The molecule has 0 aromatic heterocycles. The van der Waals surface area contributed by atoms with Gasteiger partial charge in [0.15, 0.2) is 11.5 Å². The molecule has 0 saturated heterocycles. The third-order valence-corrected chi connectivity index (χ3v) is 5.48. The van der Waals surface area contributed by atoms with Crippen molar-refractivity contribution in [3.63, 3.8) is 0 Å². The van der Waals surface area contributed by atoms with E-state index >= 15 is 0 Å². The maximum Gasteiger partial charge on any atom is 0.508 e. The summed E-state index contributed by atoms with van der Waals surface area (Å²) in [5.74, 6) is -0.273. The third-order valence-electron chi connectivity index (χ3n) is 5.48. The Kier molecular flexibility index (Phi) is 15.8. The highest BCUT2D eigenvalue weighted by Crippen LogP contribution is 2.30. The molecule has 0 fully saturated rings. The predicted molar refractivity (Wildman–Crippen MR) is 146 cm³/mol. The molecule has 0 radical (unpaired) electrons. The molecule has 39 heavy (non-hydrogen) atoms. The molecule has 0 heterocycles.